The molecule has 1 atom stereocenters. The molecule has 0 bridgehead atoms. The zero-order valence-corrected chi connectivity index (χ0v) is 12.3. The molecular weight excluding hydrogens is 260 g/mol. The van der Waals surface area contributed by atoms with E-state index < -0.39 is 0 Å². The number of thioether (sulfide) groups is 1. The van der Waals surface area contributed by atoms with E-state index in [1.165, 1.54) is 0 Å². The minimum Gasteiger partial charge on any atom is -0.372 e. The molecule has 104 valence electrons. The van der Waals surface area contributed by atoms with Gasteiger partial charge in [0.1, 0.15) is 5.82 Å². The Balaban J connectivity index is 1.69. The van der Waals surface area contributed by atoms with Crippen molar-refractivity contribution in [3.8, 4) is 0 Å². The second-order valence-corrected chi connectivity index (χ2v) is 6.19. The van der Waals surface area contributed by atoms with Gasteiger partial charge in [-0.25, -0.2) is 9.97 Å². The second-order valence-electron chi connectivity index (χ2n) is 5.21. The SMILES string of the molecule is Cc1cc(N2CCN(C)CC2)nc(SCC2CO2)n1. The van der Waals surface area contributed by atoms with Crippen molar-refractivity contribution < 1.29 is 4.74 Å². The Kier molecular flexibility index (Phi) is 3.91. The fourth-order valence-corrected chi connectivity index (χ4v) is 3.01. The smallest absolute Gasteiger partial charge is 0.189 e. The molecule has 6 heteroatoms. The van der Waals surface area contributed by atoms with Crippen LogP contribution >= 0.6 is 11.8 Å². The van der Waals surface area contributed by atoms with Gasteiger partial charge in [0.2, 0.25) is 0 Å². The first-order valence-corrected chi connectivity index (χ1v) is 7.73. The van der Waals surface area contributed by atoms with E-state index in [9.17, 15) is 0 Å². The Labute approximate surface area is 118 Å². The monoisotopic (exact) mass is 280 g/mol. The molecule has 0 radical (unpaired) electrons. The lowest BCUT2D eigenvalue weighted by Crippen LogP contribution is -2.44. The molecule has 1 unspecified atom stereocenters. The van der Waals surface area contributed by atoms with Crippen molar-refractivity contribution in [2.75, 3.05) is 50.5 Å². The molecule has 0 spiro atoms. The number of ether oxygens (including phenoxy) is 1. The Morgan fingerprint density at radius 3 is 2.74 bits per heavy atom. The molecule has 2 fully saturated rings. The summed E-state index contributed by atoms with van der Waals surface area (Å²) in [5.41, 5.74) is 1.04. The molecular formula is C13H20N4OS. The van der Waals surface area contributed by atoms with Crippen LogP contribution < -0.4 is 4.90 Å². The van der Waals surface area contributed by atoms with E-state index in [0.29, 0.717) is 6.10 Å². The number of hydrogen-bond acceptors (Lipinski definition) is 6. The van der Waals surface area contributed by atoms with Crippen LogP contribution in [-0.4, -0.2) is 66.6 Å². The Hall–Kier alpha value is -0.850. The zero-order chi connectivity index (χ0) is 13.2. The topological polar surface area (TPSA) is 44.8 Å². The number of aromatic nitrogens is 2. The van der Waals surface area contributed by atoms with Gasteiger partial charge in [0.25, 0.3) is 0 Å². The molecule has 2 aliphatic heterocycles. The van der Waals surface area contributed by atoms with Crippen LogP contribution in [0.2, 0.25) is 0 Å². The van der Waals surface area contributed by atoms with Crippen LogP contribution in [0.5, 0.6) is 0 Å². The van der Waals surface area contributed by atoms with Crippen LogP contribution in [0.25, 0.3) is 0 Å². The van der Waals surface area contributed by atoms with Gasteiger partial charge in [0.05, 0.1) is 12.7 Å². The van der Waals surface area contributed by atoms with Gasteiger partial charge in [-0.1, -0.05) is 11.8 Å². The van der Waals surface area contributed by atoms with Gasteiger partial charge in [-0.05, 0) is 14.0 Å². The standard InChI is InChI=1S/C13H20N4OS/c1-10-7-12(17-5-3-16(2)4-6-17)15-13(14-10)19-9-11-8-18-11/h7,11H,3-6,8-9H2,1-2H3. The number of piperazine rings is 1. The van der Waals surface area contributed by atoms with E-state index in [-0.39, 0.29) is 0 Å². The average molecular weight is 280 g/mol. The van der Waals surface area contributed by atoms with Crippen LogP contribution in [0, 0.1) is 6.92 Å². The summed E-state index contributed by atoms with van der Waals surface area (Å²) in [7, 11) is 2.17. The number of likely N-dealkylation sites (N-methyl/N-ethyl adjacent to an activating group) is 1. The fourth-order valence-electron chi connectivity index (χ4n) is 2.12. The summed E-state index contributed by atoms with van der Waals surface area (Å²) in [5.74, 6) is 2.03. The van der Waals surface area contributed by atoms with Gasteiger partial charge < -0.3 is 14.5 Å². The predicted molar refractivity (Wildman–Crippen MR) is 76.9 cm³/mol. The molecule has 0 amide bonds. The maximum atomic E-state index is 5.23. The zero-order valence-electron chi connectivity index (χ0n) is 11.5. The van der Waals surface area contributed by atoms with Gasteiger partial charge in [-0.15, -0.1) is 0 Å². The third-order valence-electron chi connectivity index (χ3n) is 3.45. The number of epoxide rings is 1. The van der Waals surface area contributed by atoms with Crippen LogP contribution in [0.4, 0.5) is 5.82 Å². The third kappa shape index (κ3) is 3.58. The van der Waals surface area contributed by atoms with Crippen LogP contribution in [0.3, 0.4) is 0 Å². The van der Waals surface area contributed by atoms with Crippen molar-refractivity contribution in [1.82, 2.24) is 14.9 Å². The highest BCUT2D eigenvalue weighted by molar-refractivity contribution is 7.99. The lowest BCUT2D eigenvalue weighted by atomic mass is 10.3. The summed E-state index contributed by atoms with van der Waals surface area (Å²) < 4.78 is 5.23. The lowest BCUT2D eigenvalue weighted by Gasteiger charge is -2.33. The van der Waals surface area contributed by atoms with E-state index in [1.54, 1.807) is 11.8 Å². The molecule has 0 aliphatic carbocycles. The van der Waals surface area contributed by atoms with Crippen molar-refractivity contribution in [2.24, 2.45) is 0 Å². The number of nitrogens with zero attached hydrogens (tertiary/aromatic N) is 4. The Bertz CT molecular complexity index is 444. The Morgan fingerprint density at radius 2 is 2.05 bits per heavy atom. The van der Waals surface area contributed by atoms with Crippen molar-refractivity contribution >= 4 is 17.6 Å². The van der Waals surface area contributed by atoms with E-state index in [0.717, 1.165) is 55.2 Å². The number of hydrogen-bond donors (Lipinski definition) is 0. The number of aryl methyl sites for hydroxylation is 1. The average Bonchev–Trinajstić information content (AvgIpc) is 3.20. The minimum absolute atomic E-state index is 0.418. The molecule has 3 heterocycles. The fraction of sp³-hybridized carbons (Fsp3) is 0.692. The van der Waals surface area contributed by atoms with E-state index >= 15 is 0 Å². The molecule has 2 aliphatic rings. The molecule has 0 saturated carbocycles. The first kappa shape index (κ1) is 13.1. The van der Waals surface area contributed by atoms with Gasteiger partial charge in [0, 0.05) is 43.7 Å². The largest absolute Gasteiger partial charge is 0.372 e. The maximum absolute atomic E-state index is 5.23. The Morgan fingerprint density at radius 1 is 1.32 bits per heavy atom. The van der Waals surface area contributed by atoms with Crippen molar-refractivity contribution in [2.45, 2.75) is 18.2 Å². The number of anilines is 1. The maximum Gasteiger partial charge on any atom is 0.189 e. The molecule has 3 rings (SSSR count). The number of rotatable bonds is 4. The van der Waals surface area contributed by atoms with E-state index in [4.69, 9.17) is 4.74 Å². The summed E-state index contributed by atoms with van der Waals surface area (Å²) in [6.07, 6.45) is 0.418. The van der Waals surface area contributed by atoms with Crippen molar-refractivity contribution in [3.05, 3.63) is 11.8 Å². The quantitative estimate of drug-likeness (QED) is 0.466. The second kappa shape index (κ2) is 5.64. The third-order valence-corrected chi connectivity index (χ3v) is 4.43. The molecule has 19 heavy (non-hydrogen) atoms. The molecule has 2 saturated heterocycles. The van der Waals surface area contributed by atoms with E-state index in [1.807, 2.05) is 6.92 Å². The highest BCUT2D eigenvalue weighted by Gasteiger charge is 2.23. The van der Waals surface area contributed by atoms with Gasteiger partial charge in [-0.2, -0.15) is 0 Å². The molecule has 1 aromatic rings. The molecule has 5 nitrogen and oxygen atoms in total. The summed E-state index contributed by atoms with van der Waals surface area (Å²) in [6.45, 7) is 7.22. The highest BCUT2D eigenvalue weighted by atomic mass is 32.2. The first-order valence-electron chi connectivity index (χ1n) is 6.74. The van der Waals surface area contributed by atoms with Gasteiger partial charge in [-0.3, -0.25) is 0 Å². The van der Waals surface area contributed by atoms with Crippen molar-refractivity contribution in [1.29, 1.82) is 0 Å². The minimum atomic E-state index is 0.418. The molecule has 0 N–H and O–H groups in total. The van der Waals surface area contributed by atoms with Crippen LogP contribution in [0.15, 0.2) is 11.2 Å². The summed E-state index contributed by atoms with van der Waals surface area (Å²) in [6, 6.07) is 2.09. The highest BCUT2D eigenvalue weighted by Crippen LogP contribution is 2.24. The van der Waals surface area contributed by atoms with Crippen molar-refractivity contribution in [3.63, 3.8) is 0 Å². The molecule has 0 aromatic carbocycles. The normalized spacial score (nSPS) is 23.7. The first-order chi connectivity index (χ1) is 9.20. The molecule has 1 aromatic heterocycles. The lowest BCUT2D eigenvalue weighted by molar-refractivity contribution is 0.312. The van der Waals surface area contributed by atoms with Gasteiger partial charge in [0.15, 0.2) is 5.16 Å². The van der Waals surface area contributed by atoms with Crippen LogP contribution in [0.1, 0.15) is 5.69 Å². The van der Waals surface area contributed by atoms with Crippen LogP contribution in [-0.2, 0) is 4.74 Å². The predicted octanol–water partition coefficient (Wildman–Crippen LogP) is 1.03. The summed E-state index contributed by atoms with van der Waals surface area (Å²) in [5, 5.41) is 0.879. The summed E-state index contributed by atoms with van der Waals surface area (Å²) in [4.78, 5) is 13.9. The summed E-state index contributed by atoms with van der Waals surface area (Å²) >= 11 is 1.70. The van der Waals surface area contributed by atoms with E-state index in [2.05, 4.69) is 32.9 Å². The van der Waals surface area contributed by atoms with Gasteiger partial charge >= 0.3 is 0 Å².